The number of nitrogens with two attached hydrogens (primary N) is 1. The van der Waals surface area contributed by atoms with Gasteiger partial charge in [-0.3, -0.25) is 0 Å². The molecule has 2 N–H and O–H groups in total. The van der Waals surface area contributed by atoms with Gasteiger partial charge in [-0.25, -0.2) is 4.39 Å². The first kappa shape index (κ1) is 11.6. The Labute approximate surface area is 96.2 Å². The van der Waals surface area contributed by atoms with E-state index in [1.165, 1.54) is 12.0 Å². The normalized spacial score (nSPS) is 21.5. The highest BCUT2D eigenvalue weighted by Crippen LogP contribution is 2.20. The van der Waals surface area contributed by atoms with Crippen molar-refractivity contribution in [1.82, 2.24) is 4.90 Å². The van der Waals surface area contributed by atoms with E-state index in [1.807, 2.05) is 12.1 Å². The lowest BCUT2D eigenvalue weighted by Crippen LogP contribution is -2.27. The fourth-order valence-corrected chi connectivity index (χ4v) is 2.42. The van der Waals surface area contributed by atoms with E-state index in [4.69, 9.17) is 5.73 Å². The van der Waals surface area contributed by atoms with Gasteiger partial charge < -0.3 is 10.6 Å². The maximum Gasteiger partial charge on any atom is 0.123 e. The van der Waals surface area contributed by atoms with Crippen LogP contribution in [0.5, 0.6) is 0 Å². The lowest BCUT2D eigenvalue weighted by Gasteiger charge is -2.14. The van der Waals surface area contributed by atoms with E-state index in [-0.39, 0.29) is 5.82 Å². The van der Waals surface area contributed by atoms with Crippen LogP contribution in [0, 0.1) is 11.7 Å². The van der Waals surface area contributed by atoms with E-state index in [9.17, 15) is 4.39 Å². The molecule has 0 aliphatic carbocycles. The topological polar surface area (TPSA) is 29.3 Å². The quantitative estimate of drug-likeness (QED) is 0.839. The molecule has 1 unspecified atom stereocenters. The van der Waals surface area contributed by atoms with Crippen LogP contribution in [0.2, 0.25) is 0 Å². The Morgan fingerprint density at radius 2 is 2.06 bits per heavy atom. The summed E-state index contributed by atoms with van der Waals surface area (Å²) in [5.41, 5.74) is 6.78. The lowest BCUT2D eigenvalue weighted by atomic mass is 9.99. The molecule has 0 aromatic heterocycles. The Morgan fingerprint density at radius 1 is 1.31 bits per heavy atom. The summed E-state index contributed by atoms with van der Waals surface area (Å²) >= 11 is 0. The summed E-state index contributed by atoms with van der Waals surface area (Å²) < 4.78 is 12.7. The molecule has 1 aliphatic rings. The third-order valence-corrected chi connectivity index (χ3v) is 3.25. The second kappa shape index (κ2) is 5.41. The van der Waals surface area contributed by atoms with Crippen molar-refractivity contribution in [3.63, 3.8) is 0 Å². The fourth-order valence-electron chi connectivity index (χ4n) is 2.42. The highest BCUT2D eigenvalue weighted by molar-refractivity contribution is 5.16. The average molecular weight is 222 g/mol. The Balaban J connectivity index is 1.84. The summed E-state index contributed by atoms with van der Waals surface area (Å²) in [6, 6.07) is 6.87. The SMILES string of the molecule is NCCN1CCC(Cc2ccc(F)cc2)C1. The Bertz CT molecular complexity index is 323. The first-order valence-electron chi connectivity index (χ1n) is 5.95. The molecule has 1 aliphatic heterocycles. The third-order valence-electron chi connectivity index (χ3n) is 3.25. The number of hydrogen-bond donors (Lipinski definition) is 1. The first-order valence-corrected chi connectivity index (χ1v) is 5.95. The third kappa shape index (κ3) is 3.03. The molecular formula is C13H19FN2. The maximum atomic E-state index is 12.7. The van der Waals surface area contributed by atoms with Crippen LogP contribution in [0.3, 0.4) is 0 Å². The second-order valence-electron chi connectivity index (χ2n) is 4.57. The van der Waals surface area contributed by atoms with E-state index in [2.05, 4.69) is 4.90 Å². The lowest BCUT2D eigenvalue weighted by molar-refractivity contribution is 0.333. The molecule has 0 saturated carbocycles. The van der Waals surface area contributed by atoms with E-state index in [0.29, 0.717) is 5.92 Å². The standard InChI is InChI=1S/C13H19FN2/c14-13-3-1-11(2-4-13)9-12-5-7-16(10-12)8-6-15/h1-4,12H,5-10,15H2. The molecule has 16 heavy (non-hydrogen) atoms. The van der Waals surface area contributed by atoms with Gasteiger partial charge in [0, 0.05) is 19.6 Å². The van der Waals surface area contributed by atoms with E-state index >= 15 is 0 Å². The van der Waals surface area contributed by atoms with Gasteiger partial charge in [-0.2, -0.15) is 0 Å². The zero-order valence-corrected chi connectivity index (χ0v) is 9.53. The van der Waals surface area contributed by atoms with Gasteiger partial charge in [0.05, 0.1) is 0 Å². The zero-order valence-electron chi connectivity index (χ0n) is 9.53. The minimum Gasteiger partial charge on any atom is -0.329 e. The molecule has 0 spiro atoms. The number of nitrogens with zero attached hydrogens (tertiary/aromatic N) is 1. The molecule has 0 bridgehead atoms. The number of halogens is 1. The summed E-state index contributed by atoms with van der Waals surface area (Å²) in [4.78, 5) is 2.41. The minimum atomic E-state index is -0.153. The van der Waals surface area contributed by atoms with E-state index in [1.54, 1.807) is 12.1 Å². The first-order chi connectivity index (χ1) is 7.78. The van der Waals surface area contributed by atoms with Crippen molar-refractivity contribution in [3.05, 3.63) is 35.6 Å². The zero-order chi connectivity index (χ0) is 11.4. The van der Waals surface area contributed by atoms with Crippen LogP contribution in [0.15, 0.2) is 24.3 Å². The van der Waals surface area contributed by atoms with Gasteiger partial charge >= 0.3 is 0 Å². The minimum absolute atomic E-state index is 0.153. The van der Waals surface area contributed by atoms with Crippen LogP contribution in [0.4, 0.5) is 4.39 Å². The van der Waals surface area contributed by atoms with Crippen LogP contribution < -0.4 is 5.73 Å². The van der Waals surface area contributed by atoms with E-state index in [0.717, 1.165) is 32.6 Å². The molecule has 1 atom stereocenters. The molecule has 1 fully saturated rings. The molecule has 2 rings (SSSR count). The molecule has 1 saturated heterocycles. The van der Waals surface area contributed by atoms with Crippen LogP contribution >= 0.6 is 0 Å². The molecule has 0 amide bonds. The van der Waals surface area contributed by atoms with Crippen LogP contribution in [0.1, 0.15) is 12.0 Å². The fraction of sp³-hybridized carbons (Fsp3) is 0.538. The number of benzene rings is 1. The van der Waals surface area contributed by atoms with Crippen molar-refractivity contribution in [3.8, 4) is 0 Å². The van der Waals surface area contributed by atoms with Crippen molar-refractivity contribution in [2.45, 2.75) is 12.8 Å². The second-order valence-corrected chi connectivity index (χ2v) is 4.57. The van der Waals surface area contributed by atoms with E-state index < -0.39 is 0 Å². The van der Waals surface area contributed by atoms with Crippen molar-refractivity contribution in [1.29, 1.82) is 0 Å². The molecule has 1 aromatic rings. The summed E-state index contributed by atoms with van der Waals surface area (Å²) in [7, 11) is 0. The molecule has 2 nitrogen and oxygen atoms in total. The van der Waals surface area contributed by atoms with Crippen LogP contribution in [0.25, 0.3) is 0 Å². The Hall–Kier alpha value is -0.930. The smallest absolute Gasteiger partial charge is 0.123 e. The highest BCUT2D eigenvalue weighted by atomic mass is 19.1. The van der Waals surface area contributed by atoms with Gasteiger partial charge in [0.15, 0.2) is 0 Å². The molecule has 1 heterocycles. The predicted molar refractivity (Wildman–Crippen MR) is 63.7 cm³/mol. The van der Waals surface area contributed by atoms with Crippen molar-refractivity contribution in [2.24, 2.45) is 11.7 Å². The highest BCUT2D eigenvalue weighted by Gasteiger charge is 2.21. The Kier molecular flexibility index (Phi) is 3.91. The van der Waals surface area contributed by atoms with Gasteiger partial charge in [0.1, 0.15) is 5.82 Å². The predicted octanol–water partition coefficient (Wildman–Crippen LogP) is 1.65. The summed E-state index contributed by atoms with van der Waals surface area (Å²) in [5.74, 6) is 0.553. The molecular weight excluding hydrogens is 203 g/mol. The van der Waals surface area contributed by atoms with Gasteiger partial charge in [-0.05, 0) is 43.0 Å². The van der Waals surface area contributed by atoms with Crippen molar-refractivity contribution >= 4 is 0 Å². The van der Waals surface area contributed by atoms with Crippen molar-refractivity contribution in [2.75, 3.05) is 26.2 Å². The number of rotatable bonds is 4. The van der Waals surface area contributed by atoms with Crippen molar-refractivity contribution < 1.29 is 4.39 Å². The van der Waals surface area contributed by atoms with Crippen LogP contribution in [-0.4, -0.2) is 31.1 Å². The number of likely N-dealkylation sites (tertiary alicyclic amines) is 1. The maximum absolute atomic E-state index is 12.7. The molecule has 88 valence electrons. The largest absolute Gasteiger partial charge is 0.329 e. The van der Waals surface area contributed by atoms with Crippen LogP contribution in [-0.2, 0) is 6.42 Å². The van der Waals surface area contributed by atoms with Gasteiger partial charge in [-0.1, -0.05) is 12.1 Å². The molecule has 1 aromatic carbocycles. The summed E-state index contributed by atoms with van der Waals surface area (Å²) in [6.45, 7) is 4.03. The van der Waals surface area contributed by atoms with Gasteiger partial charge in [0.2, 0.25) is 0 Å². The molecule has 3 heteroatoms. The number of hydrogen-bond acceptors (Lipinski definition) is 2. The molecule has 0 radical (unpaired) electrons. The van der Waals surface area contributed by atoms with Gasteiger partial charge in [-0.15, -0.1) is 0 Å². The Morgan fingerprint density at radius 3 is 2.75 bits per heavy atom. The monoisotopic (exact) mass is 222 g/mol. The summed E-state index contributed by atoms with van der Waals surface area (Å²) in [5, 5.41) is 0. The van der Waals surface area contributed by atoms with Gasteiger partial charge in [0.25, 0.3) is 0 Å². The summed E-state index contributed by atoms with van der Waals surface area (Å²) in [6.07, 6.45) is 2.29. The average Bonchev–Trinajstić information content (AvgIpc) is 2.70.